The molecule has 0 aromatic heterocycles. The molecule has 27 heavy (non-hydrogen) atoms. The van der Waals surface area contributed by atoms with Crippen LogP contribution in [0.3, 0.4) is 0 Å². The van der Waals surface area contributed by atoms with E-state index >= 15 is 0 Å². The Morgan fingerprint density at radius 3 is 1.74 bits per heavy atom. The smallest absolute Gasteiger partial charge is 0.275 e. The third-order valence-electron chi connectivity index (χ3n) is 3.58. The Morgan fingerprint density at radius 2 is 1.30 bits per heavy atom. The average molecular weight is 374 g/mol. The third-order valence-corrected chi connectivity index (χ3v) is 3.58. The van der Waals surface area contributed by atoms with Gasteiger partial charge in [0.15, 0.2) is 12.2 Å². The van der Waals surface area contributed by atoms with Crippen molar-refractivity contribution in [2.24, 2.45) is 0 Å². The summed E-state index contributed by atoms with van der Waals surface area (Å²) in [6, 6.07) is 18.3. The molecule has 2 amide bonds. The molecular weight excluding hydrogens is 352 g/mol. The summed E-state index contributed by atoms with van der Waals surface area (Å²) in [5, 5.41) is 10.0. The van der Waals surface area contributed by atoms with E-state index in [4.69, 9.17) is 14.4 Å². The number of aliphatic hydroxyl groups excluding tert-OH is 1. The minimum Gasteiger partial charge on any atom is -0.380 e. The molecule has 0 spiro atoms. The summed E-state index contributed by atoms with van der Waals surface area (Å²) in [6.07, 6.45) is -3.23. The Kier molecular flexibility index (Phi) is 8.40. The molecule has 2 atom stereocenters. The summed E-state index contributed by atoms with van der Waals surface area (Å²) >= 11 is 0. The summed E-state index contributed by atoms with van der Waals surface area (Å²) in [5.74, 6) is -1.70. The fourth-order valence-corrected chi connectivity index (χ4v) is 2.16. The first-order valence-electron chi connectivity index (χ1n) is 8.24. The van der Waals surface area contributed by atoms with Gasteiger partial charge in [-0.15, -0.1) is 0 Å². The van der Waals surface area contributed by atoms with Crippen LogP contribution in [0.2, 0.25) is 0 Å². The predicted octanol–water partition coefficient (Wildman–Crippen LogP) is 0.858. The number of hydroxylamine groups is 2. The van der Waals surface area contributed by atoms with E-state index in [-0.39, 0.29) is 13.2 Å². The highest BCUT2D eigenvalue weighted by Crippen LogP contribution is 2.03. The number of ether oxygens (including phenoxy) is 1. The number of amides is 2. The van der Waals surface area contributed by atoms with Gasteiger partial charge < -0.3 is 9.84 Å². The van der Waals surface area contributed by atoms with Crippen LogP contribution in [0.15, 0.2) is 60.7 Å². The van der Waals surface area contributed by atoms with Gasteiger partial charge in [0.05, 0.1) is 13.2 Å². The molecule has 0 heterocycles. The molecule has 0 bridgehead atoms. The van der Waals surface area contributed by atoms with Gasteiger partial charge in [-0.25, -0.2) is 11.0 Å². The molecule has 8 nitrogen and oxygen atoms in total. The van der Waals surface area contributed by atoms with E-state index in [9.17, 15) is 14.7 Å². The number of carbonyl (C=O) groups is 2. The third kappa shape index (κ3) is 6.80. The molecule has 3 N–H and O–H groups in total. The van der Waals surface area contributed by atoms with Gasteiger partial charge in [0.2, 0.25) is 0 Å². The molecule has 8 heteroatoms. The first kappa shape index (κ1) is 20.5. The van der Waals surface area contributed by atoms with E-state index in [0.29, 0.717) is 0 Å². The van der Waals surface area contributed by atoms with Crippen molar-refractivity contribution in [3.63, 3.8) is 0 Å². The van der Waals surface area contributed by atoms with Crippen LogP contribution < -0.4 is 11.0 Å². The summed E-state index contributed by atoms with van der Waals surface area (Å²) in [4.78, 5) is 34.1. The molecule has 0 aliphatic heterocycles. The van der Waals surface area contributed by atoms with Crippen LogP contribution in [0.1, 0.15) is 11.1 Å². The fourth-order valence-electron chi connectivity index (χ4n) is 2.16. The lowest BCUT2D eigenvalue weighted by molar-refractivity contribution is -0.163. The summed E-state index contributed by atoms with van der Waals surface area (Å²) in [6.45, 7) is 0.245. The van der Waals surface area contributed by atoms with Crippen molar-refractivity contribution in [2.75, 3.05) is 7.11 Å². The van der Waals surface area contributed by atoms with Crippen LogP contribution in [0.4, 0.5) is 0 Å². The van der Waals surface area contributed by atoms with Crippen LogP contribution in [-0.4, -0.2) is 36.2 Å². The topological polar surface area (TPSA) is 106 Å². The van der Waals surface area contributed by atoms with Crippen molar-refractivity contribution < 1.29 is 29.1 Å². The van der Waals surface area contributed by atoms with Gasteiger partial charge in [0, 0.05) is 7.11 Å². The molecule has 0 unspecified atom stereocenters. The lowest BCUT2D eigenvalue weighted by Crippen LogP contribution is -2.50. The van der Waals surface area contributed by atoms with Crippen LogP contribution >= 0.6 is 0 Å². The second-order valence-corrected chi connectivity index (χ2v) is 5.58. The van der Waals surface area contributed by atoms with Crippen molar-refractivity contribution in [1.82, 2.24) is 11.0 Å². The Labute approximate surface area is 157 Å². The highest BCUT2D eigenvalue weighted by atomic mass is 16.7. The van der Waals surface area contributed by atoms with E-state index < -0.39 is 24.0 Å². The van der Waals surface area contributed by atoms with E-state index in [1.165, 1.54) is 7.11 Å². The number of hydrogen-bond acceptors (Lipinski definition) is 6. The van der Waals surface area contributed by atoms with Crippen LogP contribution in [0, 0.1) is 0 Å². The molecule has 2 aromatic carbocycles. The van der Waals surface area contributed by atoms with Crippen LogP contribution in [0.5, 0.6) is 0 Å². The minimum atomic E-state index is -1.77. The number of carbonyl (C=O) groups excluding carboxylic acids is 2. The molecule has 0 aliphatic rings. The predicted molar refractivity (Wildman–Crippen MR) is 95.6 cm³/mol. The molecule has 0 radical (unpaired) electrons. The maximum absolute atomic E-state index is 12.1. The van der Waals surface area contributed by atoms with Gasteiger partial charge >= 0.3 is 0 Å². The summed E-state index contributed by atoms with van der Waals surface area (Å²) in [7, 11) is 1.20. The number of benzene rings is 2. The van der Waals surface area contributed by atoms with Gasteiger partial charge in [-0.3, -0.25) is 19.3 Å². The maximum Gasteiger partial charge on any atom is 0.275 e. The first-order chi connectivity index (χ1) is 13.1. The standard InChI is InChI=1S/C19H22N2O6/c1-25-17(19(24)21-27-13-15-10-6-3-7-11-15)16(22)18(23)20-26-12-14-8-4-2-5-9-14/h2-11,16-17,22H,12-13H2,1H3,(H,20,23)(H,21,24)/t16-,17-/m1/s1. The lowest BCUT2D eigenvalue weighted by atomic mass is 10.2. The largest absolute Gasteiger partial charge is 0.380 e. The molecule has 0 fully saturated rings. The highest BCUT2D eigenvalue weighted by molar-refractivity contribution is 5.90. The van der Waals surface area contributed by atoms with E-state index in [1.807, 2.05) is 60.7 Å². The monoisotopic (exact) mass is 374 g/mol. The second kappa shape index (κ2) is 11.0. The Bertz CT molecular complexity index is 711. The fraction of sp³-hybridized carbons (Fsp3) is 0.263. The zero-order valence-electron chi connectivity index (χ0n) is 14.8. The van der Waals surface area contributed by atoms with E-state index in [1.54, 1.807) is 0 Å². The zero-order valence-corrected chi connectivity index (χ0v) is 14.8. The van der Waals surface area contributed by atoms with E-state index in [2.05, 4.69) is 11.0 Å². The molecule has 144 valence electrons. The summed E-state index contributed by atoms with van der Waals surface area (Å²) in [5.41, 5.74) is 5.93. The van der Waals surface area contributed by atoms with Crippen LogP contribution in [0.25, 0.3) is 0 Å². The molecule has 0 aliphatic carbocycles. The van der Waals surface area contributed by atoms with Crippen molar-refractivity contribution >= 4 is 11.8 Å². The number of hydrogen-bond donors (Lipinski definition) is 3. The van der Waals surface area contributed by atoms with Gasteiger partial charge in [-0.2, -0.15) is 0 Å². The first-order valence-corrected chi connectivity index (χ1v) is 8.24. The Hall–Kier alpha value is -2.78. The molecule has 2 rings (SSSR count). The second-order valence-electron chi connectivity index (χ2n) is 5.58. The molecular formula is C19H22N2O6. The normalized spacial score (nSPS) is 12.8. The van der Waals surface area contributed by atoms with E-state index in [0.717, 1.165) is 11.1 Å². The lowest BCUT2D eigenvalue weighted by Gasteiger charge is -2.20. The number of methoxy groups -OCH3 is 1. The van der Waals surface area contributed by atoms with Crippen molar-refractivity contribution in [1.29, 1.82) is 0 Å². The zero-order chi connectivity index (χ0) is 19.5. The SMILES string of the molecule is CO[C@@H](C(=O)NOCc1ccccc1)[C@@H](O)C(=O)NOCc1ccccc1. The summed E-state index contributed by atoms with van der Waals surface area (Å²) < 4.78 is 4.90. The van der Waals surface area contributed by atoms with Gasteiger partial charge in [0.1, 0.15) is 0 Å². The Balaban J connectivity index is 1.76. The highest BCUT2D eigenvalue weighted by Gasteiger charge is 2.32. The van der Waals surface area contributed by atoms with Crippen molar-refractivity contribution in [3.05, 3.63) is 71.8 Å². The molecule has 2 aromatic rings. The molecule has 0 saturated heterocycles. The van der Waals surface area contributed by atoms with Crippen molar-refractivity contribution in [2.45, 2.75) is 25.4 Å². The van der Waals surface area contributed by atoms with Crippen LogP contribution in [-0.2, 0) is 37.2 Å². The number of aliphatic hydroxyl groups is 1. The average Bonchev–Trinajstić information content (AvgIpc) is 2.70. The Morgan fingerprint density at radius 1 is 0.852 bits per heavy atom. The molecule has 0 saturated carbocycles. The maximum atomic E-state index is 12.1. The van der Waals surface area contributed by atoms with Gasteiger partial charge in [-0.1, -0.05) is 60.7 Å². The number of nitrogens with one attached hydrogen (secondary N) is 2. The van der Waals surface area contributed by atoms with Gasteiger partial charge in [0.25, 0.3) is 11.8 Å². The van der Waals surface area contributed by atoms with Gasteiger partial charge in [-0.05, 0) is 11.1 Å². The minimum absolute atomic E-state index is 0.114. The van der Waals surface area contributed by atoms with Crippen molar-refractivity contribution in [3.8, 4) is 0 Å². The quantitative estimate of drug-likeness (QED) is 0.533. The number of rotatable bonds is 10.